The van der Waals surface area contributed by atoms with Crippen LogP contribution in [0.15, 0.2) is 0 Å². The van der Waals surface area contributed by atoms with E-state index in [4.69, 9.17) is 15.4 Å². The van der Waals surface area contributed by atoms with E-state index in [1.54, 1.807) is 21.1 Å². The van der Waals surface area contributed by atoms with Crippen LogP contribution in [0.25, 0.3) is 0 Å². The highest BCUT2D eigenvalue weighted by molar-refractivity contribution is 7.53. The zero-order chi connectivity index (χ0) is 12.2. The van der Waals surface area contributed by atoms with Crippen LogP contribution in [0.2, 0.25) is 0 Å². The molecular weight excluding hydrogens is 217 g/mol. The van der Waals surface area contributed by atoms with Crippen LogP contribution >= 0.6 is 7.67 Å². The molecule has 15 heavy (non-hydrogen) atoms. The predicted molar refractivity (Wildman–Crippen MR) is 60.3 cm³/mol. The van der Waals surface area contributed by atoms with Gasteiger partial charge < -0.3 is 15.4 Å². The van der Waals surface area contributed by atoms with Crippen LogP contribution < -0.4 is 5.73 Å². The normalized spacial score (nSPS) is 18.5. The van der Waals surface area contributed by atoms with Crippen molar-refractivity contribution in [2.75, 3.05) is 27.7 Å². The van der Waals surface area contributed by atoms with Gasteiger partial charge in [0.15, 0.2) is 0 Å². The smallest absolute Gasteiger partial charge is 0.345 e. The predicted octanol–water partition coefficient (Wildman–Crippen LogP) is 0.290. The van der Waals surface area contributed by atoms with Crippen LogP contribution in [0.1, 0.15) is 13.8 Å². The minimum Gasteiger partial charge on any atom is -0.377 e. The molecule has 0 aliphatic rings. The standard InChI is InChI=1S/C8H22N3O3P/c1-7(2)14-15(13,10(3)4)11(5)6-8(9)12/h7-8,12H,6,9H2,1-5H3. The van der Waals surface area contributed by atoms with Gasteiger partial charge in [-0.3, -0.25) is 4.57 Å². The number of hydrogen-bond acceptors (Lipinski definition) is 4. The highest BCUT2D eigenvalue weighted by Crippen LogP contribution is 2.52. The number of nitrogens with two attached hydrogens (primary N) is 1. The third kappa shape index (κ3) is 4.59. The molecule has 0 aromatic carbocycles. The van der Waals surface area contributed by atoms with Crippen molar-refractivity contribution in [3.05, 3.63) is 0 Å². The van der Waals surface area contributed by atoms with Gasteiger partial charge in [0.05, 0.1) is 6.10 Å². The lowest BCUT2D eigenvalue weighted by molar-refractivity contribution is 0.134. The molecule has 3 N–H and O–H groups in total. The van der Waals surface area contributed by atoms with Gasteiger partial charge in [0.25, 0.3) is 0 Å². The SMILES string of the molecule is CC(C)OP(=O)(N(C)C)N(C)CC(N)O. The van der Waals surface area contributed by atoms with Crippen LogP contribution in [0, 0.1) is 0 Å². The van der Waals surface area contributed by atoms with E-state index >= 15 is 0 Å². The monoisotopic (exact) mass is 239 g/mol. The maximum atomic E-state index is 12.4. The van der Waals surface area contributed by atoms with E-state index in [1.807, 2.05) is 13.8 Å². The van der Waals surface area contributed by atoms with E-state index in [1.165, 1.54) is 9.34 Å². The van der Waals surface area contributed by atoms with Crippen molar-refractivity contribution in [2.45, 2.75) is 26.2 Å². The minimum atomic E-state index is -3.07. The summed E-state index contributed by atoms with van der Waals surface area (Å²) in [5.41, 5.74) is 5.24. The van der Waals surface area contributed by atoms with Gasteiger partial charge in [-0.15, -0.1) is 0 Å². The van der Waals surface area contributed by atoms with E-state index in [9.17, 15) is 4.57 Å². The molecule has 0 saturated heterocycles. The molecule has 7 heteroatoms. The molecule has 0 bridgehead atoms. The quantitative estimate of drug-likeness (QED) is 0.512. The Morgan fingerprint density at radius 3 is 2.13 bits per heavy atom. The number of aliphatic hydroxyl groups is 1. The molecule has 0 aromatic rings. The molecule has 0 spiro atoms. The van der Waals surface area contributed by atoms with E-state index in [0.29, 0.717) is 0 Å². The van der Waals surface area contributed by atoms with Gasteiger partial charge in [-0.05, 0) is 35.0 Å². The van der Waals surface area contributed by atoms with Crippen molar-refractivity contribution in [1.29, 1.82) is 0 Å². The van der Waals surface area contributed by atoms with E-state index in [0.717, 1.165) is 0 Å². The number of nitrogens with zero attached hydrogens (tertiary/aromatic N) is 2. The van der Waals surface area contributed by atoms with Crippen LogP contribution in [0.3, 0.4) is 0 Å². The summed E-state index contributed by atoms with van der Waals surface area (Å²) in [4.78, 5) is 0. The van der Waals surface area contributed by atoms with Gasteiger partial charge in [-0.2, -0.15) is 0 Å². The summed E-state index contributed by atoms with van der Waals surface area (Å²) in [6, 6.07) is 0. The van der Waals surface area contributed by atoms with Crippen LogP contribution in [0.4, 0.5) is 0 Å². The zero-order valence-electron chi connectivity index (χ0n) is 10.0. The first-order chi connectivity index (χ1) is 6.70. The summed E-state index contributed by atoms with van der Waals surface area (Å²) in [7, 11) is 1.88. The first kappa shape index (κ1) is 15.0. The van der Waals surface area contributed by atoms with Gasteiger partial charge in [-0.25, -0.2) is 9.34 Å². The van der Waals surface area contributed by atoms with Gasteiger partial charge in [0, 0.05) is 6.54 Å². The fourth-order valence-electron chi connectivity index (χ4n) is 1.13. The van der Waals surface area contributed by atoms with Gasteiger partial charge in [0.2, 0.25) is 0 Å². The number of rotatable bonds is 6. The average Bonchev–Trinajstić information content (AvgIpc) is 2.00. The van der Waals surface area contributed by atoms with Gasteiger partial charge in [-0.1, -0.05) is 0 Å². The van der Waals surface area contributed by atoms with Crippen LogP contribution in [-0.4, -0.2) is 54.5 Å². The maximum Gasteiger partial charge on any atom is 0.345 e. The van der Waals surface area contributed by atoms with E-state index < -0.39 is 13.9 Å². The topological polar surface area (TPSA) is 79.0 Å². The Kier molecular flexibility index (Phi) is 5.95. The molecule has 0 aliphatic carbocycles. The van der Waals surface area contributed by atoms with Crippen LogP contribution in [-0.2, 0) is 9.09 Å². The molecule has 92 valence electrons. The second-order valence-corrected chi connectivity index (χ2v) is 6.57. The third-order valence-corrected chi connectivity index (χ3v) is 4.47. The molecule has 6 nitrogen and oxygen atoms in total. The zero-order valence-corrected chi connectivity index (χ0v) is 10.9. The second-order valence-electron chi connectivity index (χ2n) is 3.90. The molecule has 0 radical (unpaired) electrons. The van der Waals surface area contributed by atoms with Crippen molar-refractivity contribution < 1.29 is 14.2 Å². The van der Waals surface area contributed by atoms with Crippen molar-refractivity contribution in [3.63, 3.8) is 0 Å². The minimum absolute atomic E-state index is 0.0994. The summed E-state index contributed by atoms with van der Waals surface area (Å²) in [6.07, 6.45) is -1.19. The summed E-state index contributed by atoms with van der Waals surface area (Å²) >= 11 is 0. The fraction of sp³-hybridized carbons (Fsp3) is 1.00. The largest absolute Gasteiger partial charge is 0.377 e. The van der Waals surface area contributed by atoms with Gasteiger partial charge in [0.1, 0.15) is 6.23 Å². The Hall–Kier alpha value is 0.0300. The Morgan fingerprint density at radius 1 is 1.40 bits per heavy atom. The molecule has 0 heterocycles. The van der Waals surface area contributed by atoms with Crippen molar-refractivity contribution in [2.24, 2.45) is 5.73 Å². The Bertz CT molecular complexity index is 233. The average molecular weight is 239 g/mol. The van der Waals surface area contributed by atoms with Crippen molar-refractivity contribution in [3.8, 4) is 0 Å². The molecule has 0 saturated carbocycles. The van der Waals surface area contributed by atoms with Gasteiger partial charge >= 0.3 is 7.67 Å². The van der Waals surface area contributed by atoms with E-state index in [-0.39, 0.29) is 12.6 Å². The van der Waals surface area contributed by atoms with Crippen LogP contribution in [0.5, 0.6) is 0 Å². The summed E-state index contributed by atoms with van der Waals surface area (Å²) < 4.78 is 20.8. The molecule has 0 fully saturated rings. The second kappa shape index (κ2) is 5.94. The number of likely N-dealkylation sites (N-methyl/N-ethyl adjacent to an activating group) is 1. The van der Waals surface area contributed by atoms with E-state index in [2.05, 4.69) is 0 Å². The lowest BCUT2D eigenvalue weighted by atomic mass is 10.5. The summed E-state index contributed by atoms with van der Waals surface area (Å²) in [6.45, 7) is 3.72. The Labute approximate surface area is 91.5 Å². The first-order valence-corrected chi connectivity index (χ1v) is 6.34. The fourth-order valence-corrected chi connectivity index (χ4v) is 3.01. The highest BCUT2D eigenvalue weighted by Gasteiger charge is 2.33. The number of aliphatic hydroxyl groups excluding tert-OH is 1. The molecule has 0 aliphatic heterocycles. The Balaban J connectivity index is 4.71. The Morgan fingerprint density at radius 2 is 1.87 bits per heavy atom. The maximum absolute atomic E-state index is 12.4. The first-order valence-electron chi connectivity index (χ1n) is 4.81. The molecule has 2 atom stereocenters. The molecule has 2 unspecified atom stereocenters. The lowest BCUT2D eigenvalue weighted by Gasteiger charge is -2.33. The summed E-state index contributed by atoms with van der Waals surface area (Å²) in [5, 5.41) is 9.04. The molecule has 0 aromatic heterocycles. The summed E-state index contributed by atoms with van der Waals surface area (Å²) in [5.74, 6) is 0. The van der Waals surface area contributed by atoms with Crippen molar-refractivity contribution in [1.82, 2.24) is 9.34 Å². The lowest BCUT2D eigenvalue weighted by Crippen LogP contribution is -2.37. The molecule has 0 amide bonds. The molecule has 0 rings (SSSR count). The number of hydrogen-bond donors (Lipinski definition) is 2. The third-order valence-electron chi connectivity index (χ3n) is 1.74. The highest BCUT2D eigenvalue weighted by atomic mass is 31.2. The van der Waals surface area contributed by atoms with Crippen molar-refractivity contribution >= 4 is 7.67 Å². The molecular formula is C8H22N3O3P.